The average Bonchev–Trinajstić information content (AvgIpc) is 2.92. The molecule has 2 aromatic heterocycles. The van der Waals surface area contributed by atoms with Gasteiger partial charge in [-0.25, -0.2) is 13.3 Å². The molecule has 1 aliphatic rings. The fourth-order valence-corrected chi connectivity index (χ4v) is 5.06. The Morgan fingerprint density at radius 2 is 1.92 bits per heavy atom. The van der Waals surface area contributed by atoms with Crippen molar-refractivity contribution in [2.75, 3.05) is 11.5 Å². The van der Waals surface area contributed by atoms with Gasteiger partial charge in [0, 0.05) is 35.2 Å². The second-order valence-electron chi connectivity index (χ2n) is 6.77. The topological polar surface area (TPSA) is 56.3 Å². The summed E-state index contributed by atoms with van der Waals surface area (Å²) in [6.45, 7) is 11.2. The largest absolute Gasteiger partial charge is 0.342 e. The number of nitrogens with zero attached hydrogens (tertiary/aromatic N) is 3. The molecule has 1 fully saturated rings. The van der Waals surface area contributed by atoms with Crippen LogP contribution < -0.4 is 0 Å². The molecule has 0 unspecified atom stereocenters. The van der Waals surface area contributed by atoms with Crippen molar-refractivity contribution in [1.29, 1.82) is 0 Å². The molecule has 0 aliphatic carbocycles. The molecule has 4 rings (SSSR count). The third kappa shape index (κ3) is 2.59. The van der Waals surface area contributed by atoms with E-state index in [1.807, 2.05) is 36.7 Å². The van der Waals surface area contributed by atoms with E-state index in [-0.39, 0.29) is 17.5 Å². The summed E-state index contributed by atoms with van der Waals surface area (Å²) in [7, 11) is -2.95. The SMILES string of the molecule is [C-]#[N+]c1cc2c(-c3cncc(C)c3Cl)cn(C3CS(=O)(=O)C3)c2cc1C. The summed E-state index contributed by atoms with van der Waals surface area (Å²) in [5, 5.41) is 1.51. The van der Waals surface area contributed by atoms with Crippen molar-refractivity contribution in [3.63, 3.8) is 0 Å². The molecule has 0 spiro atoms. The van der Waals surface area contributed by atoms with Crippen molar-refractivity contribution in [2.24, 2.45) is 0 Å². The molecule has 7 heteroatoms. The maximum absolute atomic E-state index is 11.7. The van der Waals surface area contributed by atoms with E-state index in [9.17, 15) is 8.42 Å². The maximum atomic E-state index is 11.7. The lowest BCUT2D eigenvalue weighted by molar-refractivity contribution is 0.516. The van der Waals surface area contributed by atoms with Crippen LogP contribution in [0.1, 0.15) is 17.2 Å². The molecule has 0 amide bonds. The normalized spacial score (nSPS) is 16.4. The van der Waals surface area contributed by atoms with E-state index in [0.717, 1.165) is 33.2 Å². The van der Waals surface area contributed by atoms with Crippen molar-refractivity contribution < 1.29 is 8.42 Å². The molecule has 132 valence electrons. The Morgan fingerprint density at radius 1 is 1.19 bits per heavy atom. The van der Waals surface area contributed by atoms with Crippen LogP contribution in [0.3, 0.4) is 0 Å². The first kappa shape index (κ1) is 17.1. The van der Waals surface area contributed by atoms with Crippen molar-refractivity contribution >= 4 is 38.0 Å². The van der Waals surface area contributed by atoms with Gasteiger partial charge in [-0.3, -0.25) is 4.98 Å². The number of hydrogen-bond acceptors (Lipinski definition) is 3. The van der Waals surface area contributed by atoms with Gasteiger partial charge in [-0.05, 0) is 42.5 Å². The van der Waals surface area contributed by atoms with Crippen LogP contribution in [-0.2, 0) is 9.84 Å². The summed E-state index contributed by atoms with van der Waals surface area (Å²) >= 11 is 6.51. The highest BCUT2D eigenvalue weighted by molar-refractivity contribution is 7.92. The molecular formula is C19H16ClN3O2S. The lowest BCUT2D eigenvalue weighted by atomic mass is 10.0. The Morgan fingerprint density at radius 3 is 2.58 bits per heavy atom. The summed E-state index contributed by atoms with van der Waals surface area (Å²) in [6.07, 6.45) is 5.36. The van der Waals surface area contributed by atoms with Crippen LogP contribution in [0.15, 0.2) is 30.7 Å². The number of rotatable bonds is 2. The molecule has 3 aromatic rings. The molecular weight excluding hydrogens is 370 g/mol. The van der Waals surface area contributed by atoms with Crippen molar-refractivity contribution in [3.8, 4) is 11.1 Å². The van der Waals surface area contributed by atoms with Crippen LogP contribution in [0.2, 0.25) is 5.02 Å². The van der Waals surface area contributed by atoms with E-state index in [4.69, 9.17) is 18.2 Å². The zero-order valence-corrected chi connectivity index (χ0v) is 15.9. The van der Waals surface area contributed by atoms with Gasteiger partial charge in [-0.1, -0.05) is 11.6 Å². The molecule has 1 aromatic carbocycles. The monoisotopic (exact) mass is 385 g/mol. The molecule has 1 aliphatic heterocycles. The molecule has 3 heterocycles. The van der Waals surface area contributed by atoms with Gasteiger partial charge in [0.15, 0.2) is 15.5 Å². The smallest absolute Gasteiger partial charge is 0.190 e. The Balaban J connectivity index is 2.01. The second kappa shape index (κ2) is 5.83. The number of aryl methyl sites for hydroxylation is 2. The highest BCUT2D eigenvalue weighted by atomic mass is 35.5. The third-order valence-electron chi connectivity index (χ3n) is 4.90. The van der Waals surface area contributed by atoms with Gasteiger partial charge in [0.05, 0.1) is 29.1 Å². The van der Waals surface area contributed by atoms with E-state index in [2.05, 4.69) is 9.83 Å². The summed E-state index contributed by atoms with van der Waals surface area (Å²) in [5.41, 5.74) is 4.90. The number of pyridine rings is 1. The van der Waals surface area contributed by atoms with Gasteiger partial charge in [-0.15, -0.1) is 0 Å². The number of benzene rings is 1. The predicted octanol–water partition coefficient (Wildman–Crippen LogP) is 4.49. The molecule has 0 radical (unpaired) electrons. The minimum Gasteiger partial charge on any atom is -0.342 e. The van der Waals surface area contributed by atoms with Crippen LogP contribution in [0.5, 0.6) is 0 Å². The lowest BCUT2D eigenvalue weighted by Crippen LogP contribution is -2.37. The number of sulfone groups is 1. The number of halogens is 1. The van der Waals surface area contributed by atoms with Crippen LogP contribution in [0, 0.1) is 20.4 Å². The lowest BCUT2D eigenvalue weighted by Gasteiger charge is -2.28. The van der Waals surface area contributed by atoms with Gasteiger partial charge in [0.1, 0.15) is 0 Å². The Kier molecular flexibility index (Phi) is 3.83. The molecule has 0 atom stereocenters. The van der Waals surface area contributed by atoms with E-state index in [0.29, 0.717) is 10.7 Å². The molecule has 0 bridgehead atoms. The van der Waals surface area contributed by atoms with Crippen molar-refractivity contribution in [1.82, 2.24) is 9.55 Å². The van der Waals surface area contributed by atoms with E-state index < -0.39 is 9.84 Å². The van der Waals surface area contributed by atoms with Crippen LogP contribution in [-0.4, -0.2) is 29.5 Å². The summed E-state index contributed by atoms with van der Waals surface area (Å²) < 4.78 is 25.3. The molecule has 0 N–H and O–H groups in total. The number of hydrogen-bond donors (Lipinski definition) is 0. The van der Waals surface area contributed by atoms with Crippen LogP contribution in [0.25, 0.3) is 26.9 Å². The number of aromatic nitrogens is 2. The van der Waals surface area contributed by atoms with E-state index in [1.165, 1.54) is 0 Å². The van der Waals surface area contributed by atoms with Gasteiger partial charge in [0.25, 0.3) is 0 Å². The fourth-order valence-electron chi connectivity index (χ4n) is 3.46. The molecule has 1 saturated heterocycles. The van der Waals surface area contributed by atoms with Gasteiger partial charge in [0.2, 0.25) is 0 Å². The minimum absolute atomic E-state index is 0.0917. The standard InChI is InChI=1S/C19H16ClN3O2S/c1-11-4-18-14(5-17(11)21-3)16(15-7-22-6-12(2)19(15)20)8-23(18)13-9-26(24,25)10-13/h4-8,13H,9-10H2,1-2H3. The van der Waals surface area contributed by atoms with Gasteiger partial charge >= 0.3 is 0 Å². The zero-order valence-electron chi connectivity index (χ0n) is 14.3. The van der Waals surface area contributed by atoms with Crippen molar-refractivity contribution in [2.45, 2.75) is 19.9 Å². The predicted molar refractivity (Wildman–Crippen MR) is 104 cm³/mol. The van der Waals surface area contributed by atoms with Gasteiger partial charge in [-0.2, -0.15) is 0 Å². The van der Waals surface area contributed by atoms with Gasteiger partial charge < -0.3 is 4.57 Å². The van der Waals surface area contributed by atoms with Crippen LogP contribution in [0.4, 0.5) is 5.69 Å². The molecule has 0 saturated carbocycles. The Hall–Kier alpha value is -2.36. The first-order chi connectivity index (χ1) is 12.3. The zero-order chi connectivity index (χ0) is 18.6. The summed E-state index contributed by atoms with van der Waals surface area (Å²) in [5.74, 6) is 0.277. The molecule has 5 nitrogen and oxygen atoms in total. The Labute approximate surface area is 157 Å². The quantitative estimate of drug-likeness (QED) is 0.610. The first-order valence-corrected chi connectivity index (χ1v) is 10.3. The fraction of sp³-hybridized carbons (Fsp3) is 0.263. The van der Waals surface area contributed by atoms with E-state index in [1.54, 1.807) is 12.4 Å². The third-order valence-corrected chi connectivity index (χ3v) is 7.19. The highest BCUT2D eigenvalue weighted by Crippen LogP contribution is 2.41. The minimum atomic E-state index is -2.95. The highest BCUT2D eigenvalue weighted by Gasteiger charge is 2.35. The van der Waals surface area contributed by atoms with E-state index >= 15 is 0 Å². The second-order valence-corrected chi connectivity index (χ2v) is 9.30. The average molecular weight is 386 g/mol. The summed E-state index contributed by atoms with van der Waals surface area (Å²) in [6, 6.07) is 3.72. The Bertz CT molecular complexity index is 1190. The number of fused-ring (bicyclic) bond motifs is 1. The van der Waals surface area contributed by atoms with Crippen LogP contribution >= 0.6 is 11.6 Å². The summed E-state index contributed by atoms with van der Waals surface area (Å²) in [4.78, 5) is 7.85. The van der Waals surface area contributed by atoms with Crippen molar-refractivity contribution in [3.05, 3.63) is 58.3 Å². The first-order valence-electron chi connectivity index (χ1n) is 8.14. The maximum Gasteiger partial charge on any atom is 0.190 e. The molecule has 26 heavy (non-hydrogen) atoms.